The van der Waals surface area contributed by atoms with Crippen LogP contribution >= 0.6 is 11.3 Å². The van der Waals surface area contributed by atoms with Crippen LogP contribution in [0.3, 0.4) is 0 Å². The molecule has 2 aromatic rings. The molecule has 4 heteroatoms. The summed E-state index contributed by atoms with van der Waals surface area (Å²) in [6, 6.07) is 3.72. The first-order chi connectivity index (χ1) is 5.66. The van der Waals surface area contributed by atoms with Crippen molar-refractivity contribution in [1.82, 2.24) is 4.98 Å². The van der Waals surface area contributed by atoms with Crippen LogP contribution in [0.1, 0.15) is 5.56 Å². The summed E-state index contributed by atoms with van der Waals surface area (Å²) in [5.41, 5.74) is 8.29. The summed E-state index contributed by atoms with van der Waals surface area (Å²) in [7, 11) is 0. The molecule has 1 heterocycles. The lowest BCUT2D eigenvalue weighted by Gasteiger charge is -1.97. The number of hydrogen-bond acceptors (Lipinski definition) is 3. The maximum absolute atomic E-state index is 10.9. The monoisotopic (exact) mass is 180 g/mol. The van der Waals surface area contributed by atoms with Gasteiger partial charge in [0.25, 0.3) is 0 Å². The number of benzene rings is 1. The minimum atomic E-state index is -0.0324. The zero-order valence-corrected chi connectivity index (χ0v) is 7.37. The number of fused-ring (bicyclic) bond motifs is 1. The van der Waals surface area contributed by atoms with Crippen LogP contribution in [-0.4, -0.2) is 4.98 Å². The highest BCUT2D eigenvalue weighted by atomic mass is 32.1. The summed E-state index contributed by atoms with van der Waals surface area (Å²) in [6.45, 7) is 1.92. The molecule has 0 aliphatic heterocycles. The van der Waals surface area contributed by atoms with Gasteiger partial charge in [-0.1, -0.05) is 11.3 Å². The van der Waals surface area contributed by atoms with Crippen LogP contribution in [0.2, 0.25) is 0 Å². The van der Waals surface area contributed by atoms with Crippen molar-refractivity contribution >= 4 is 27.2 Å². The summed E-state index contributed by atoms with van der Waals surface area (Å²) < 4.78 is 0.920. The Balaban J connectivity index is 2.92. The second-order valence-electron chi connectivity index (χ2n) is 2.72. The largest absolute Gasteiger partial charge is 0.398 e. The molecule has 12 heavy (non-hydrogen) atoms. The van der Waals surface area contributed by atoms with E-state index in [1.807, 2.05) is 19.1 Å². The van der Waals surface area contributed by atoms with E-state index >= 15 is 0 Å². The van der Waals surface area contributed by atoms with Gasteiger partial charge in [-0.15, -0.1) is 0 Å². The van der Waals surface area contributed by atoms with Crippen molar-refractivity contribution in [2.24, 2.45) is 0 Å². The van der Waals surface area contributed by atoms with Crippen molar-refractivity contribution < 1.29 is 0 Å². The summed E-state index contributed by atoms with van der Waals surface area (Å²) in [4.78, 5) is 13.6. The van der Waals surface area contributed by atoms with E-state index in [0.717, 1.165) is 21.5 Å². The van der Waals surface area contributed by atoms with Crippen molar-refractivity contribution in [3.05, 3.63) is 27.4 Å². The van der Waals surface area contributed by atoms with E-state index in [0.29, 0.717) is 0 Å². The van der Waals surface area contributed by atoms with Crippen molar-refractivity contribution in [3.63, 3.8) is 0 Å². The van der Waals surface area contributed by atoms with Crippen molar-refractivity contribution in [2.45, 2.75) is 6.92 Å². The number of aryl methyl sites for hydroxylation is 1. The molecule has 0 saturated heterocycles. The molecule has 0 unspecified atom stereocenters. The quantitative estimate of drug-likeness (QED) is 0.603. The minimum absolute atomic E-state index is 0.0324. The normalized spacial score (nSPS) is 10.8. The Hall–Kier alpha value is -1.29. The number of thiazole rings is 1. The summed E-state index contributed by atoms with van der Waals surface area (Å²) >= 11 is 1.18. The Kier molecular flexibility index (Phi) is 1.44. The molecule has 0 aliphatic carbocycles. The molecular weight excluding hydrogens is 172 g/mol. The molecule has 1 aromatic carbocycles. The van der Waals surface area contributed by atoms with E-state index in [1.165, 1.54) is 11.3 Å². The standard InChI is InChI=1S/C8H8N2OS/c1-4-2-6-7(3-5(4)9)12-8(11)10-6/h2-3H,9H2,1H3,(H,10,11). The van der Waals surface area contributed by atoms with Gasteiger partial charge in [-0.3, -0.25) is 4.79 Å². The Morgan fingerprint density at radius 2 is 2.25 bits per heavy atom. The molecular formula is C8H8N2OS. The second-order valence-corrected chi connectivity index (χ2v) is 3.73. The number of rotatable bonds is 0. The smallest absolute Gasteiger partial charge is 0.305 e. The first kappa shape index (κ1) is 7.36. The van der Waals surface area contributed by atoms with Crippen molar-refractivity contribution in [1.29, 1.82) is 0 Å². The van der Waals surface area contributed by atoms with Gasteiger partial charge in [-0.05, 0) is 24.6 Å². The Bertz CT molecular complexity index is 441. The summed E-state index contributed by atoms with van der Waals surface area (Å²) in [6.07, 6.45) is 0. The van der Waals surface area contributed by atoms with Gasteiger partial charge in [-0.2, -0.15) is 0 Å². The number of aromatic amines is 1. The van der Waals surface area contributed by atoms with E-state index in [1.54, 1.807) is 0 Å². The molecule has 0 spiro atoms. The number of hydrogen-bond donors (Lipinski definition) is 2. The summed E-state index contributed by atoms with van der Waals surface area (Å²) in [5.74, 6) is 0. The maximum atomic E-state index is 10.9. The van der Waals surface area contributed by atoms with Crippen LogP contribution in [0.4, 0.5) is 5.69 Å². The second kappa shape index (κ2) is 2.35. The Labute approximate surface area is 72.8 Å². The van der Waals surface area contributed by atoms with Crippen molar-refractivity contribution in [2.75, 3.05) is 5.73 Å². The number of anilines is 1. The van der Waals surface area contributed by atoms with Gasteiger partial charge in [0, 0.05) is 5.69 Å². The molecule has 1 aromatic heterocycles. The van der Waals surface area contributed by atoms with Crippen LogP contribution in [0.25, 0.3) is 10.2 Å². The molecule has 62 valence electrons. The fourth-order valence-corrected chi connectivity index (χ4v) is 1.89. The molecule has 0 bridgehead atoms. The fraction of sp³-hybridized carbons (Fsp3) is 0.125. The van der Waals surface area contributed by atoms with E-state index in [4.69, 9.17) is 5.73 Å². The van der Waals surface area contributed by atoms with Gasteiger partial charge in [0.1, 0.15) is 0 Å². The highest BCUT2D eigenvalue weighted by molar-refractivity contribution is 7.16. The van der Waals surface area contributed by atoms with E-state index < -0.39 is 0 Å². The average molecular weight is 180 g/mol. The third kappa shape index (κ3) is 1.00. The molecule has 0 fully saturated rings. The van der Waals surface area contributed by atoms with Gasteiger partial charge in [0.2, 0.25) is 0 Å². The van der Waals surface area contributed by atoms with Crippen molar-refractivity contribution in [3.8, 4) is 0 Å². The number of nitrogens with two attached hydrogens (primary N) is 1. The van der Waals surface area contributed by atoms with E-state index in [2.05, 4.69) is 4.98 Å². The van der Waals surface area contributed by atoms with E-state index in [9.17, 15) is 4.79 Å². The van der Waals surface area contributed by atoms with Crippen LogP contribution in [-0.2, 0) is 0 Å². The van der Waals surface area contributed by atoms with Gasteiger partial charge in [0.05, 0.1) is 10.2 Å². The molecule has 2 rings (SSSR count). The van der Waals surface area contributed by atoms with Crippen LogP contribution in [0, 0.1) is 6.92 Å². The first-order valence-corrected chi connectivity index (χ1v) is 4.37. The number of aromatic nitrogens is 1. The topological polar surface area (TPSA) is 58.9 Å². The molecule has 0 saturated carbocycles. The zero-order chi connectivity index (χ0) is 8.72. The predicted octanol–water partition coefficient (Wildman–Crippen LogP) is 1.48. The van der Waals surface area contributed by atoms with Crippen LogP contribution < -0.4 is 10.6 Å². The molecule has 3 N–H and O–H groups in total. The molecule has 0 amide bonds. The lowest BCUT2D eigenvalue weighted by molar-refractivity contribution is 1.39. The van der Waals surface area contributed by atoms with Crippen LogP contribution in [0.5, 0.6) is 0 Å². The lowest BCUT2D eigenvalue weighted by atomic mass is 10.2. The van der Waals surface area contributed by atoms with Crippen LogP contribution in [0.15, 0.2) is 16.9 Å². The van der Waals surface area contributed by atoms with Gasteiger partial charge < -0.3 is 10.7 Å². The minimum Gasteiger partial charge on any atom is -0.398 e. The third-order valence-electron chi connectivity index (χ3n) is 1.81. The molecule has 3 nitrogen and oxygen atoms in total. The van der Waals surface area contributed by atoms with Gasteiger partial charge >= 0.3 is 4.87 Å². The predicted molar refractivity (Wildman–Crippen MR) is 51.6 cm³/mol. The number of nitrogens with one attached hydrogen (secondary N) is 1. The highest BCUT2D eigenvalue weighted by Crippen LogP contribution is 2.21. The Morgan fingerprint density at radius 1 is 1.50 bits per heavy atom. The third-order valence-corrected chi connectivity index (χ3v) is 2.65. The number of nitrogen functional groups attached to an aromatic ring is 1. The lowest BCUT2D eigenvalue weighted by Crippen LogP contribution is -1.90. The first-order valence-electron chi connectivity index (χ1n) is 3.56. The zero-order valence-electron chi connectivity index (χ0n) is 6.55. The maximum Gasteiger partial charge on any atom is 0.305 e. The summed E-state index contributed by atoms with van der Waals surface area (Å²) in [5, 5.41) is 0. The molecule has 0 atom stereocenters. The molecule has 0 aliphatic rings. The highest BCUT2D eigenvalue weighted by Gasteiger charge is 2.01. The SMILES string of the molecule is Cc1cc2[nH]c(=O)sc2cc1N. The fourth-order valence-electron chi connectivity index (χ4n) is 1.12. The Morgan fingerprint density at radius 3 is 3.00 bits per heavy atom. The average Bonchev–Trinajstić information content (AvgIpc) is 2.30. The van der Waals surface area contributed by atoms with Gasteiger partial charge in [-0.25, -0.2) is 0 Å². The number of H-pyrrole nitrogens is 1. The molecule has 0 radical (unpaired) electrons. The van der Waals surface area contributed by atoms with Gasteiger partial charge in [0.15, 0.2) is 0 Å². The van der Waals surface area contributed by atoms with E-state index in [-0.39, 0.29) is 4.87 Å².